The van der Waals surface area contributed by atoms with Gasteiger partial charge in [-0.05, 0) is 26.2 Å². The first-order valence-corrected chi connectivity index (χ1v) is 6.88. The summed E-state index contributed by atoms with van der Waals surface area (Å²) < 4.78 is 5.44. The molecule has 0 radical (unpaired) electrons. The molecule has 0 bridgehead atoms. The number of nitrogens with zero attached hydrogens (tertiary/aromatic N) is 3. The Balaban J connectivity index is 2.07. The molecule has 110 valence electrons. The molecular formula is C15H19N5O. The van der Waals surface area contributed by atoms with Crippen LogP contribution in [0, 0.1) is 0 Å². The van der Waals surface area contributed by atoms with Gasteiger partial charge in [0.05, 0.1) is 18.0 Å². The first kappa shape index (κ1) is 13.6. The standard InChI is InChI=1S/C15H19N5O/c1-20(2)8-7-16-15-14-13(17-9-18-15)12-10(19-14)5-4-6-11(12)21-3/h4-6,9,19H,7-8H2,1-3H3,(H,16,17,18). The van der Waals surface area contributed by atoms with Gasteiger partial charge in [-0.25, -0.2) is 9.97 Å². The van der Waals surface area contributed by atoms with Crippen LogP contribution in [0.25, 0.3) is 21.9 Å². The minimum Gasteiger partial charge on any atom is -0.496 e. The smallest absolute Gasteiger partial charge is 0.153 e. The van der Waals surface area contributed by atoms with Crippen molar-refractivity contribution in [2.24, 2.45) is 0 Å². The molecule has 0 fully saturated rings. The van der Waals surface area contributed by atoms with Gasteiger partial charge in [-0.15, -0.1) is 0 Å². The maximum absolute atomic E-state index is 5.44. The number of benzene rings is 1. The van der Waals surface area contributed by atoms with Crippen LogP contribution in [0.2, 0.25) is 0 Å². The highest BCUT2D eigenvalue weighted by molar-refractivity contribution is 6.10. The van der Waals surface area contributed by atoms with E-state index in [9.17, 15) is 0 Å². The number of aromatic nitrogens is 3. The van der Waals surface area contributed by atoms with Crippen molar-refractivity contribution in [3.63, 3.8) is 0 Å². The van der Waals surface area contributed by atoms with Crippen molar-refractivity contribution in [1.29, 1.82) is 0 Å². The Hall–Kier alpha value is -2.34. The third-order valence-corrected chi connectivity index (χ3v) is 3.44. The Labute approximate surface area is 123 Å². The quantitative estimate of drug-likeness (QED) is 0.751. The van der Waals surface area contributed by atoms with Gasteiger partial charge < -0.3 is 19.9 Å². The molecule has 2 aromatic heterocycles. The summed E-state index contributed by atoms with van der Waals surface area (Å²) in [6, 6.07) is 5.92. The molecule has 0 aliphatic rings. The second kappa shape index (κ2) is 5.57. The summed E-state index contributed by atoms with van der Waals surface area (Å²) in [4.78, 5) is 14.3. The molecule has 0 amide bonds. The summed E-state index contributed by atoms with van der Waals surface area (Å²) in [6.07, 6.45) is 1.58. The van der Waals surface area contributed by atoms with E-state index in [2.05, 4.69) is 25.2 Å². The first-order valence-electron chi connectivity index (χ1n) is 6.88. The van der Waals surface area contributed by atoms with Crippen molar-refractivity contribution in [2.45, 2.75) is 0 Å². The minimum atomic E-state index is 0.816. The summed E-state index contributed by atoms with van der Waals surface area (Å²) in [5, 5.41) is 4.35. The summed E-state index contributed by atoms with van der Waals surface area (Å²) in [5.74, 6) is 1.64. The van der Waals surface area contributed by atoms with Gasteiger partial charge in [-0.1, -0.05) is 6.07 Å². The Morgan fingerprint density at radius 2 is 2.14 bits per heavy atom. The summed E-state index contributed by atoms with van der Waals surface area (Å²) >= 11 is 0. The van der Waals surface area contributed by atoms with Crippen LogP contribution in [0.3, 0.4) is 0 Å². The lowest BCUT2D eigenvalue weighted by Gasteiger charge is -2.10. The highest BCUT2D eigenvalue weighted by Crippen LogP contribution is 2.33. The Kier molecular flexibility index (Phi) is 3.62. The summed E-state index contributed by atoms with van der Waals surface area (Å²) in [6.45, 7) is 1.76. The van der Waals surface area contributed by atoms with Crippen molar-refractivity contribution >= 4 is 27.8 Å². The average molecular weight is 285 g/mol. The maximum Gasteiger partial charge on any atom is 0.153 e. The van der Waals surface area contributed by atoms with Gasteiger partial charge in [0.2, 0.25) is 0 Å². The van der Waals surface area contributed by atoms with Crippen molar-refractivity contribution in [2.75, 3.05) is 39.6 Å². The predicted octanol–water partition coefficient (Wildman–Crippen LogP) is 2.09. The van der Waals surface area contributed by atoms with E-state index in [1.54, 1.807) is 13.4 Å². The monoisotopic (exact) mass is 285 g/mol. The summed E-state index contributed by atoms with van der Waals surface area (Å²) in [5.41, 5.74) is 2.79. The number of H-pyrrole nitrogens is 1. The van der Waals surface area contributed by atoms with E-state index >= 15 is 0 Å². The fraction of sp³-hybridized carbons (Fsp3) is 0.333. The van der Waals surface area contributed by atoms with Crippen molar-refractivity contribution in [3.05, 3.63) is 24.5 Å². The van der Waals surface area contributed by atoms with E-state index in [0.717, 1.165) is 46.6 Å². The molecule has 1 aromatic carbocycles. The van der Waals surface area contributed by atoms with E-state index in [-0.39, 0.29) is 0 Å². The van der Waals surface area contributed by atoms with Crippen LogP contribution in [0.1, 0.15) is 0 Å². The number of nitrogens with one attached hydrogen (secondary N) is 2. The number of rotatable bonds is 5. The molecule has 6 nitrogen and oxygen atoms in total. The predicted molar refractivity (Wildman–Crippen MR) is 85.0 cm³/mol. The number of methoxy groups -OCH3 is 1. The highest BCUT2D eigenvalue weighted by atomic mass is 16.5. The van der Waals surface area contributed by atoms with E-state index in [0.29, 0.717) is 0 Å². The molecule has 0 atom stereocenters. The lowest BCUT2D eigenvalue weighted by atomic mass is 10.2. The average Bonchev–Trinajstić information content (AvgIpc) is 2.86. The van der Waals surface area contributed by atoms with Crippen LogP contribution < -0.4 is 10.1 Å². The molecular weight excluding hydrogens is 266 g/mol. The van der Waals surface area contributed by atoms with E-state index in [1.165, 1.54) is 0 Å². The molecule has 0 aliphatic carbocycles. The van der Waals surface area contributed by atoms with Crippen LogP contribution >= 0.6 is 0 Å². The minimum absolute atomic E-state index is 0.816. The molecule has 0 spiro atoms. The molecule has 0 aliphatic heterocycles. The fourth-order valence-electron chi connectivity index (χ4n) is 2.41. The third-order valence-electron chi connectivity index (χ3n) is 3.44. The SMILES string of the molecule is COc1cccc2[nH]c3c(NCCN(C)C)ncnc3c12. The second-order valence-electron chi connectivity index (χ2n) is 5.18. The molecule has 3 rings (SSSR count). The molecule has 3 aromatic rings. The van der Waals surface area contributed by atoms with Crippen molar-refractivity contribution in [1.82, 2.24) is 19.9 Å². The molecule has 2 heterocycles. The Morgan fingerprint density at radius 1 is 1.29 bits per heavy atom. The Bertz CT molecular complexity index is 765. The van der Waals surface area contributed by atoms with Crippen molar-refractivity contribution < 1.29 is 4.74 Å². The molecule has 0 unspecified atom stereocenters. The number of fused-ring (bicyclic) bond motifs is 3. The number of hydrogen-bond acceptors (Lipinski definition) is 5. The fourth-order valence-corrected chi connectivity index (χ4v) is 2.41. The number of ether oxygens (including phenoxy) is 1. The molecule has 2 N–H and O–H groups in total. The van der Waals surface area contributed by atoms with Crippen LogP contribution in [0.4, 0.5) is 5.82 Å². The van der Waals surface area contributed by atoms with Gasteiger partial charge in [-0.3, -0.25) is 0 Å². The lowest BCUT2D eigenvalue weighted by molar-refractivity contribution is 0.420. The van der Waals surface area contributed by atoms with Gasteiger partial charge in [0.1, 0.15) is 23.1 Å². The molecule has 0 saturated carbocycles. The largest absolute Gasteiger partial charge is 0.496 e. The normalized spacial score (nSPS) is 11.4. The zero-order valence-electron chi connectivity index (χ0n) is 12.5. The molecule has 21 heavy (non-hydrogen) atoms. The second-order valence-corrected chi connectivity index (χ2v) is 5.18. The van der Waals surface area contributed by atoms with Crippen LogP contribution in [0.15, 0.2) is 24.5 Å². The zero-order chi connectivity index (χ0) is 14.8. The first-order chi connectivity index (χ1) is 10.2. The number of aromatic amines is 1. The van der Waals surface area contributed by atoms with Gasteiger partial charge >= 0.3 is 0 Å². The third kappa shape index (κ3) is 2.50. The summed E-state index contributed by atoms with van der Waals surface area (Å²) in [7, 11) is 5.77. The number of hydrogen-bond donors (Lipinski definition) is 2. The van der Waals surface area contributed by atoms with Gasteiger partial charge in [0.15, 0.2) is 5.82 Å². The topological polar surface area (TPSA) is 66.1 Å². The number of anilines is 1. The van der Waals surface area contributed by atoms with Crippen LogP contribution in [-0.4, -0.2) is 54.1 Å². The molecule has 6 heteroatoms. The molecule has 0 saturated heterocycles. The lowest BCUT2D eigenvalue weighted by Crippen LogP contribution is -2.21. The zero-order valence-corrected chi connectivity index (χ0v) is 12.5. The van der Waals surface area contributed by atoms with E-state index in [1.807, 2.05) is 32.3 Å². The van der Waals surface area contributed by atoms with E-state index < -0.39 is 0 Å². The van der Waals surface area contributed by atoms with Gasteiger partial charge in [-0.2, -0.15) is 0 Å². The highest BCUT2D eigenvalue weighted by Gasteiger charge is 2.13. The van der Waals surface area contributed by atoms with Crippen LogP contribution in [-0.2, 0) is 0 Å². The van der Waals surface area contributed by atoms with Crippen LogP contribution in [0.5, 0.6) is 5.75 Å². The van der Waals surface area contributed by atoms with E-state index in [4.69, 9.17) is 4.74 Å². The number of likely N-dealkylation sites (N-methyl/N-ethyl adjacent to an activating group) is 1. The van der Waals surface area contributed by atoms with Crippen molar-refractivity contribution in [3.8, 4) is 5.75 Å². The maximum atomic E-state index is 5.44. The van der Waals surface area contributed by atoms with Gasteiger partial charge in [0.25, 0.3) is 0 Å². The Morgan fingerprint density at radius 3 is 2.90 bits per heavy atom. The van der Waals surface area contributed by atoms with Gasteiger partial charge in [0, 0.05) is 13.1 Å².